The average molecular weight is 465 g/mol. The van der Waals surface area contributed by atoms with Crippen molar-refractivity contribution in [1.82, 2.24) is 10.2 Å². The Balaban J connectivity index is 1.70. The van der Waals surface area contributed by atoms with Crippen molar-refractivity contribution >= 4 is 52.2 Å². The van der Waals surface area contributed by atoms with Crippen molar-refractivity contribution in [3.8, 4) is 0 Å². The van der Waals surface area contributed by atoms with Crippen LogP contribution in [0.15, 0.2) is 54.2 Å². The number of para-hydroxylation sites is 1. The van der Waals surface area contributed by atoms with Crippen LogP contribution >= 0.6 is 22.6 Å². The number of anilines is 1. The molecule has 0 spiro atoms. The standard InChI is InChI=1S/C18H13FIN3O3/c19-13-3-1-2-4-14(13)21-16(24)10-23-17(25)15(22-18(23)26)9-11-5-7-12(20)8-6-11/h1-9H,10H2,(H,21,24)(H,22,26)/b15-9+. The average Bonchev–Trinajstić information content (AvgIpc) is 2.86. The van der Waals surface area contributed by atoms with E-state index in [1.54, 1.807) is 6.07 Å². The van der Waals surface area contributed by atoms with E-state index in [0.29, 0.717) is 0 Å². The smallest absolute Gasteiger partial charge is 0.322 e. The first-order valence-corrected chi connectivity index (χ1v) is 8.66. The van der Waals surface area contributed by atoms with Gasteiger partial charge < -0.3 is 10.6 Å². The summed E-state index contributed by atoms with van der Waals surface area (Å²) in [6, 6.07) is 12.3. The number of amides is 4. The van der Waals surface area contributed by atoms with E-state index in [1.807, 2.05) is 24.3 Å². The number of carbonyl (C=O) groups is 3. The Morgan fingerprint density at radius 2 is 1.85 bits per heavy atom. The third-order valence-corrected chi connectivity index (χ3v) is 4.31. The molecule has 0 aliphatic carbocycles. The number of benzene rings is 2. The molecule has 8 heteroatoms. The molecule has 26 heavy (non-hydrogen) atoms. The fourth-order valence-corrected chi connectivity index (χ4v) is 2.70. The number of imide groups is 1. The largest absolute Gasteiger partial charge is 0.329 e. The Bertz CT molecular complexity index is 912. The molecule has 0 unspecified atom stereocenters. The summed E-state index contributed by atoms with van der Waals surface area (Å²) in [4.78, 5) is 37.2. The van der Waals surface area contributed by atoms with Crippen LogP contribution < -0.4 is 10.6 Å². The van der Waals surface area contributed by atoms with Crippen molar-refractivity contribution in [2.24, 2.45) is 0 Å². The molecule has 1 aliphatic heterocycles. The zero-order valence-electron chi connectivity index (χ0n) is 13.3. The van der Waals surface area contributed by atoms with E-state index in [9.17, 15) is 18.8 Å². The Morgan fingerprint density at radius 3 is 2.54 bits per heavy atom. The van der Waals surface area contributed by atoms with Gasteiger partial charge in [-0.05, 0) is 58.5 Å². The van der Waals surface area contributed by atoms with E-state index in [1.165, 1.54) is 24.3 Å². The Labute approximate surface area is 162 Å². The lowest BCUT2D eigenvalue weighted by Crippen LogP contribution is -2.38. The zero-order valence-corrected chi connectivity index (χ0v) is 15.5. The predicted molar refractivity (Wildman–Crippen MR) is 102 cm³/mol. The topological polar surface area (TPSA) is 78.5 Å². The van der Waals surface area contributed by atoms with Gasteiger partial charge in [-0.15, -0.1) is 0 Å². The number of hydrogen-bond donors (Lipinski definition) is 2. The molecule has 0 atom stereocenters. The highest BCUT2D eigenvalue weighted by Gasteiger charge is 2.34. The number of nitrogens with zero attached hydrogens (tertiary/aromatic N) is 1. The molecule has 0 saturated carbocycles. The number of urea groups is 1. The maximum atomic E-state index is 13.6. The molecular formula is C18H13FIN3O3. The number of nitrogens with one attached hydrogen (secondary N) is 2. The van der Waals surface area contributed by atoms with Gasteiger partial charge in [0.25, 0.3) is 5.91 Å². The Hall–Kier alpha value is -2.75. The molecule has 3 rings (SSSR count). The van der Waals surface area contributed by atoms with Crippen LogP contribution in [0.5, 0.6) is 0 Å². The molecule has 2 aromatic carbocycles. The van der Waals surface area contributed by atoms with Crippen LogP contribution in [0.4, 0.5) is 14.9 Å². The zero-order chi connectivity index (χ0) is 18.7. The number of hydrogen-bond acceptors (Lipinski definition) is 3. The summed E-state index contributed by atoms with van der Waals surface area (Å²) >= 11 is 2.16. The maximum Gasteiger partial charge on any atom is 0.329 e. The minimum Gasteiger partial charge on any atom is -0.322 e. The quantitative estimate of drug-likeness (QED) is 0.414. The van der Waals surface area contributed by atoms with Crippen LogP contribution in [-0.2, 0) is 9.59 Å². The highest BCUT2D eigenvalue weighted by molar-refractivity contribution is 14.1. The first-order valence-electron chi connectivity index (χ1n) is 7.58. The summed E-state index contributed by atoms with van der Waals surface area (Å²) in [6.07, 6.45) is 1.53. The second kappa shape index (κ2) is 7.65. The molecule has 2 N–H and O–H groups in total. The summed E-state index contributed by atoms with van der Waals surface area (Å²) in [5, 5.41) is 4.78. The van der Waals surface area contributed by atoms with Crippen LogP contribution in [0.3, 0.4) is 0 Å². The molecule has 0 bridgehead atoms. The van der Waals surface area contributed by atoms with Gasteiger partial charge >= 0.3 is 6.03 Å². The van der Waals surface area contributed by atoms with Crippen molar-refractivity contribution in [3.05, 3.63) is 69.2 Å². The van der Waals surface area contributed by atoms with Crippen molar-refractivity contribution in [2.75, 3.05) is 11.9 Å². The number of rotatable bonds is 4. The van der Waals surface area contributed by atoms with Crippen molar-refractivity contribution in [1.29, 1.82) is 0 Å². The molecule has 1 fully saturated rings. The lowest BCUT2D eigenvalue weighted by molar-refractivity contribution is -0.127. The molecular weight excluding hydrogens is 452 g/mol. The van der Waals surface area contributed by atoms with E-state index in [0.717, 1.165) is 14.0 Å². The van der Waals surface area contributed by atoms with E-state index in [2.05, 4.69) is 33.2 Å². The van der Waals surface area contributed by atoms with Crippen LogP contribution in [-0.4, -0.2) is 29.3 Å². The van der Waals surface area contributed by atoms with Gasteiger partial charge in [-0.1, -0.05) is 24.3 Å². The molecule has 1 heterocycles. The highest BCUT2D eigenvalue weighted by Crippen LogP contribution is 2.16. The van der Waals surface area contributed by atoms with E-state index < -0.39 is 30.2 Å². The molecule has 2 aromatic rings. The van der Waals surface area contributed by atoms with E-state index >= 15 is 0 Å². The molecule has 0 aromatic heterocycles. The minimum atomic E-state index is -0.699. The Morgan fingerprint density at radius 1 is 1.15 bits per heavy atom. The maximum absolute atomic E-state index is 13.6. The third-order valence-electron chi connectivity index (χ3n) is 3.59. The van der Waals surface area contributed by atoms with Crippen molar-refractivity contribution < 1.29 is 18.8 Å². The molecule has 1 saturated heterocycles. The van der Waals surface area contributed by atoms with Gasteiger partial charge in [-0.2, -0.15) is 0 Å². The van der Waals surface area contributed by atoms with Crippen molar-refractivity contribution in [3.63, 3.8) is 0 Å². The first-order chi connectivity index (χ1) is 12.4. The normalized spacial score (nSPS) is 15.3. The SMILES string of the molecule is O=C(CN1C(=O)N/C(=C/c2ccc(I)cc2)C1=O)Nc1ccccc1F. The summed E-state index contributed by atoms with van der Waals surface area (Å²) in [5.41, 5.74) is 0.806. The summed E-state index contributed by atoms with van der Waals surface area (Å²) < 4.78 is 14.6. The van der Waals surface area contributed by atoms with Gasteiger partial charge in [0.1, 0.15) is 18.1 Å². The Kier molecular flexibility index (Phi) is 5.31. The summed E-state index contributed by atoms with van der Waals surface area (Å²) in [6.45, 7) is -0.511. The highest BCUT2D eigenvalue weighted by atomic mass is 127. The summed E-state index contributed by atoms with van der Waals surface area (Å²) in [7, 11) is 0. The molecule has 0 radical (unpaired) electrons. The second-order valence-corrected chi connectivity index (χ2v) is 6.70. The first kappa shape index (κ1) is 18.1. The molecule has 1 aliphatic rings. The summed E-state index contributed by atoms with van der Waals surface area (Å²) in [5.74, 6) is -1.89. The van der Waals surface area contributed by atoms with E-state index in [4.69, 9.17) is 0 Å². The van der Waals surface area contributed by atoms with Gasteiger partial charge in [-0.3, -0.25) is 9.59 Å². The lowest BCUT2D eigenvalue weighted by Gasteiger charge is -2.12. The monoisotopic (exact) mass is 465 g/mol. The second-order valence-electron chi connectivity index (χ2n) is 5.46. The predicted octanol–water partition coefficient (Wildman–Crippen LogP) is 2.96. The van der Waals surface area contributed by atoms with Crippen molar-refractivity contribution in [2.45, 2.75) is 0 Å². The van der Waals surface area contributed by atoms with Crippen LogP contribution in [0.25, 0.3) is 6.08 Å². The van der Waals surface area contributed by atoms with Crippen LogP contribution in [0.2, 0.25) is 0 Å². The molecule has 6 nitrogen and oxygen atoms in total. The van der Waals surface area contributed by atoms with Gasteiger partial charge in [0, 0.05) is 3.57 Å². The molecule has 4 amide bonds. The van der Waals surface area contributed by atoms with Gasteiger partial charge in [0.05, 0.1) is 5.69 Å². The van der Waals surface area contributed by atoms with Gasteiger partial charge in [0.15, 0.2) is 0 Å². The number of halogens is 2. The van der Waals surface area contributed by atoms with Gasteiger partial charge in [0.2, 0.25) is 5.91 Å². The van der Waals surface area contributed by atoms with Crippen LogP contribution in [0, 0.1) is 9.39 Å². The number of carbonyl (C=O) groups excluding carboxylic acids is 3. The fourth-order valence-electron chi connectivity index (χ4n) is 2.34. The minimum absolute atomic E-state index is 0.0146. The lowest BCUT2D eigenvalue weighted by atomic mass is 10.2. The third kappa shape index (κ3) is 4.07. The molecule has 132 valence electrons. The van der Waals surface area contributed by atoms with Gasteiger partial charge in [-0.25, -0.2) is 14.1 Å². The van der Waals surface area contributed by atoms with E-state index in [-0.39, 0.29) is 11.4 Å². The fraction of sp³-hybridized carbons (Fsp3) is 0.0556. The van der Waals surface area contributed by atoms with Crippen LogP contribution in [0.1, 0.15) is 5.56 Å².